The van der Waals surface area contributed by atoms with Gasteiger partial charge in [0.25, 0.3) is 0 Å². The van der Waals surface area contributed by atoms with Crippen molar-refractivity contribution in [3.05, 3.63) is 24.0 Å². The van der Waals surface area contributed by atoms with E-state index in [0.717, 1.165) is 18.8 Å². The number of carbonyl (C=O) groups excluding carboxylic acids is 1. The maximum atomic E-state index is 11.2. The van der Waals surface area contributed by atoms with Crippen LogP contribution in [0.4, 0.5) is 5.69 Å². The van der Waals surface area contributed by atoms with Gasteiger partial charge in [-0.25, -0.2) is 0 Å². The van der Waals surface area contributed by atoms with Gasteiger partial charge < -0.3 is 9.80 Å². The van der Waals surface area contributed by atoms with Gasteiger partial charge in [0.05, 0.1) is 11.9 Å². The van der Waals surface area contributed by atoms with Crippen LogP contribution in [0.15, 0.2) is 18.3 Å². The lowest BCUT2D eigenvalue weighted by atomic mass is 10.0. The van der Waals surface area contributed by atoms with Crippen molar-refractivity contribution in [3.63, 3.8) is 0 Å². The topological polar surface area (TPSA) is 36.4 Å². The van der Waals surface area contributed by atoms with E-state index in [-0.39, 0.29) is 5.78 Å². The molecule has 0 radical (unpaired) electrons. The van der Waals surface area contributed by atoms with Crippen LogP contribution in [0.25, 0.3) is 0 Å². The number of carbonyl (C=O) groups is 1. The van der Waals surface area contributed by atoms with Gasteiger partial charge in [0.1, 0.15) is 5.69 Å². The van der Waals surface area contributed by atoms with E-state index in [1.807, 2.05) is 18.3 Å². The first kappa shape index (κ1) is 13.0. The largest absolute Gasteiger partial charge is 0.370 e. The number of hydrogen-bond acceptors (Lipinski definition) is 4. The van der Waals surface area contributed by atoms with Crippen molar-refractivity contribution in [1.29, 1.82) is 0 Å². The molecular weight excluding hydrogens is 226 g/mol. The van der Waals surface area contributed by atoms with Gasteiger partial charge >= 0.3 is 0 Å². The van der Waals surface area contributed by atoms with Crippen molar-refractivity contribution in [3.8, 4) is 0 Å². The molecule has 0 saturated carbocycles. The van der Waals surface area contributed by atoms with Crippen molar-refractivity contribution in [2.24, 2.45) is 0 Å². The first-order chi connectivity index (χ1) is 8.58. The molecule has 4 heteroatoms. The Morgan fingerprint density at radius 1 is 1.33 bits per heavy atom. The smallest absolute Gasteiger partial charge is 0.178 e. The number of ketones is 1. The number of piperidine rings is 1. The van der Waals surface area contributed by atoms with Gasteiger partial charge in [-0.15, -0.1) is 0 Å². The Hall–Kier alpha value is -1.42. The van der Waals surface area contributed by atoms with E-state index < -0.39 is 0 Å². The average molecular weight is 247 g/mol. The number of nitrogens with zero attached hydrogens (tertiary/aromatic N) is 3. The molecule has 1 saturated heterocycles. The van der Waals surface area contributed by atoms with E-state index in [2.05, 4.69) is 28.9 Å². The minimum absolute atomic E-state index is 0.0212. The standard InChI is InChI=1S/C14H21N3O/c1-11(18)14-5-4-13(10-15-14)17-8-6-12(7-9-17)16(2)3/h4-5,10,12H,6-9H2,1-3H3. The second-order valence-corrected chi connectivity index (χ2v) is 5.14. The molecule has 0 atom stereocenters. The zero-order valence-corrected chi connectivity index (χ0v) is 11.4. The number of hydrogen-bond donors (Lipinski definition) is 0. The normalized spacial score (nSPS) is 17.2. The highest BCUT2D eigenvalue weighted by molar-refractivity contribution is 5.92. The third kappa shape index (κ3) is 2.88. The second kappa shape index (κ2) is 5.48. The third-order valence-corrected chi connectivity index (χ3v) is 3.67. The zero-order chi connectivity index (χ0) is 13.1. The lowest BCUT2D eigenvalue weighted by Gasteiger charge is -2.36. The molecule has 1 aromatic heterocycles. The van der Waals surface area contributed by atoms with Crippen molar-refractivity contribution >= 4 is 11.5 Å². The molecule has 1 aliphatic heterocycles. The molecule has 0 spiro atoms. The summed E-state index contributed by atoms with van der Waals surface area (Å²) in [6, 6.07) is 4.50. The van der Waals surface area contributed by atoms with Crippen LogP contribution in [0, 0.1) is 0 Å². The number of rotatable bonds is 3. The van der Waals surface area contributed by atoms with Crippen LogP contribution < -0.4 is 4.90 Å². The first-order valence-corrected chi connectivity index (χ1v) is 6.46. The fraction of sp³-hybridized carbons (Fsp3) is 0.571. The van der Waals surface area contributed by atoms with Crippen molar-refractivity contribution in [2.45, 2.75) is 25.8 Å². The van der Waals surface area contributed by atoms with Crippen LogP contribution in [0.5, 0.6) is 0 Å². The predicted octanol–water partition coefficient (Wildman–Crippen LogP) is 1.81. The van der Waals surface area contributed by atoms with Gasteiger partial charge in [-0.1, -0.05) is 0 Å². The summed E-state index contributed by atoms with van der Waals surface area (Å²) in [5.41, 5.74) is 1.67. The summed E-state index contributed by atoms with van der Waals surface area (Å²) in [6.07, 6.45) is 4.18. The van der Waals surface area contributed by atoms with E-state index in [9.17, 15) is 4.79 Å². The molecule has 2 rings (SSSR count). The van der Waals surface area contributed by atoms with Gasteiger partial charge in [-0.05, 0) is 39.1 Å². The summed E-state index contributed by atoms with van der Waals surface area (Å²) in [6.45, 7) is 3.67. The number of aromatic nitrogens is 1. The van der Waals surface area contributed by atoms with Crippen LogP contribution in [-0.4, -0.2) is 48.9 Å². The molecule has 0 N–H and O–H groups in total. The summed E-state index contributed by atoms with van der Waals surface area (Å²) in [5.74, 6) is 0.0212. The molecule has 1 fully saturated rings. The SMILES string of the molecule is CC(=O)c1ccc(N2CCC(N(C)C)CC2)cn1. The van der Waals surface area contributed by atoms with Gasteiger partial charge in [-0.3, -0.25) is 9.78 Å². The van der Waals surface area contributed by atoms with Crippen molar-refractivity contribution in [1.82, 2.24) is 9.88 Å². The van der Waals surface area contributed by atoms with Gasteiger partial charge in [0, 0.05) is 26.1 Å². The molecule has 98 valence electrons. The van der Waals surface area contributed by atoms with Crippen LogP contribution in [-0.2, 0) is 0 Å². The second-order valence-electron chi connectivity index (χ2n) is 5.14. The maximum Gasteiger partial charge on any atom is 0.178 e. The van der Waals surface area contributed by atoms with Crippen LogP contribution in [0.3, 0.4) is 0 Å². The molecule has 4 nitrogen and oxygen atoms in total. The average Bonchev–Trinajstić information content (AvgIpc) is 2.39. The number of anilines is 1. The Morgan fingerprint density at radius 2 is 2.00 bits per heavy atom. The Kier molecular flexibility index (Phi) is 3.97. The van der Waals surface area contributed by atoms with E-state index >= 15 is 0 Å². The predicted molar refractivity (Wildman–Crippen MR) is 73.2 cm³/mol. The highest BCUT2D eigenvalue weighted by atomic mass is 16.1. The highest BCUT2D eigenvalue weighted by Gasteiger charge is 2.20. The molecule has 0 unspecified atom stereocenters. The van der Waals surface area contributed by atoms with Gasteiger partial charge in [-0.2, -0.15) is 0 Å². The van der Waals surface area contributed by atoms with Crippen LogP contribution >= 0.6 is 0 Å². The minimum atomic E-state index is 0.0212. The molecule has 0 aliphatic carbocycles. The Balaban J connectivity index is 1.99. The zero-order valence-electron chi connectivity index (χ0n) is 11.4. The molecule has 2 heterocycles. The van der Waals surface area contributed by atoms with E-state index in [1.54, 1.807) is 6.92 Å². The lowest BCUT2D eigenvalue weighted by Crippen LogP contribution is -2.42. The van der Waals surface area contributed by atoms with Crippen molar-refractivity contribution in [2.75, 3.05) is 32.1 Å². The molecule has 18 heavy (non-hydrogen) atoms. The van der Waals surface area contributed by atoms with Gasteiger partial charge in [0.15, 0.2) is 5.78 Å². The molecule has 0 amide bonds. The van der Waals surface area contributed by atoms with Crippen molar-refractivity contribution < 1.29 is 4.79 Å². The molecule has 0 bridgehead atoms. The molecule has 1 aliphatic rings. The fourth-order valence-electron chi connectivity index (χ4n) is 2.42. The van der Waals surface area contributed by atoms with Gasteiger partial charge in [0.2, 0.25) is 0 Å². The lowest BCUT2D eigenvalue weighted by molar-refractivity contribution is 0.101. The molecule has 0 aromatic carbocycles. The molecule has 1 aromatic rings. The number of Topliss-reactive ketones (excluding diaryl/α,β-unsaturated/α-hetero) is 1. The fourth-order valence-corrected chi connectivity index (χ4v) is 2.42. The quantitative estimate of drug-likeness (QED) is 0.763. The highest BCUT2D eigenvalue weighted by Crippen LogP contribution is 2.21. The summed E-state index contributed by atoms with van der Waals surface area (Å²) >= 11 is 0. The monoisotopic (exact) mass is 247 g/mol. The minimum Gasteiger partial charge on any atom is -0.370 e. The van der Waals surface area contributed by atoms with Crippen LogP contribution in [0.1, 0.15) is 30.3 Å². The summed E-state index contributed by atoms with van der Waals surface area (Å²) in [5, 5.41) is 0. The Bertz CT molecular complexity index is 406. The van der Waals surface area contributed by atoms with E-state index in [0.29, 0.717) is 11.7 Å². The first-order valence-electron chi connectivity index (χ1n) is 6.46. The number of pyridine rings is 1. The third-order valence-electron chi connectivity index (χ3n) is 3.67. The summed E-state index contributed by atoms with van der Waals surface area (Å²) in [4.78, 5) is 20.0. The maximum absolute atomic E-state index is 11.2. The summed E-state index contributed by atoms with van der Waals surface area (Å²) in [7, 11) is 4.28. The van der Waals surface area contributed by atoms with E-state index in [1.165, 1.54) is 12.8 Å². The summed E-state index contributed by atoms with van der Waals surface area (Å²) < 4.78 is 0. The Morgan fingerprint density at radius 3 is 2.44 bits per heavy atom. The van der Waals surface area contributed by atoms with Crippen LogP contribution in [0.2, 0.25) is 0 Å². The van der Waals surface area contributed by atoms with E-state index in [4.69, 9.17) is 0 Å². The Labute approximate surface area is 109 Å². The molecular formula is C14H21N3O.